The number of halogens is 1. The van der Waals surface area contributed by atoms with E-state index >= 15 is 0 Å². The Balaban J connectivity index is 1.80. The first kappa shape index (κ1) is 21.7. The largest absolute Gasteiger partial charge is 0.492 e. The summed E-state index contributed by atoms with van der Waals surface area (Å²) in [5.41, 5.74) is 3.75. The lowest BCUT2D eigenvalue weighted by molar-refractivity contribution is 0.0947. The van der Waals surface area contributed by atoms with Gasteiger partial charge in [0, 0.05) is 30.4 Å². The number of aromatic nitrogens is 2. The molecule has 7 nitrogen and oxygen atoms in total. The van der Waals surface area contributed by atoms with Crippen LogP contribution in [0.2, 0.25) is 0 Å². The molecule has 1 aliphatic heterocycles. The molecule has 0 atom stereocenters. The molecule has 8 heteroatoms. The minimum atomic E-state index is -0.489. The van der Waals surface area contributed by atoms with E-state index in [0.717, 1.165) is 30.5 Å². The second kappa shape index (κ2) is 9.72. The van der Waals surface area contributed by atoms with Crippen molar-refractivity contribution in [3.8, 4) is 22.8 Å². The number of hydrogen-bond acceptors (Lipinski definition) is 5. The predicted octanol–water partition coefficient (Wildman–Crippen LogP) is 4.82. The molecule has 0 bridgehead atoms. The van der Waals surface area contributed by atoms with E-state index in [-0.39, 0.29) is 11.7 Å². The van der Waals surface area contributed by atoms with Crippen LogP contribution in [0.4, 0.5) is 15.8 Å². The molecule has 32 heavy (non-hydrogen) atoms. The van der Waals surface area contributed by atoms with E-state index in [1.807, 2.05) is 6.07 Å². The predicted molar refractivity (Wildman–Crippen MR) is 121 cm³/mol. The number of carbonyl (C=O) groups excluding carboxylic acids is 1. The molecule has 0 radical (unpaired) electrons. The second-order valence-corrected chi connectivity index (χ2v) is 7.61. The molecule has 3 aromatic rings. The van der Waals surface area contributed by atoms with Crippen molar-refractivity contribution in [2.75, 3.05) is 25.6 Å². The van der Waals surface area contributed by atoms with Crippen molar-refractivity contribution >= 4 is 17.3 Å². The summed E-state index contributed by atoms with van der Waals surface area (Å²) in [7, 11) is 1.41. The Morgan fingerprint density at radius 1 is 1.25 bits per heavy atom. The topological polar surface area (TPSA) is 88.3 Å². The van der Waals surface area contributed by atoms with Gasteiger partial charge in [-0.3, -0.25) is 9.78 Å². The first-order valence-electron chi connectivity index (χ1n) is 10.8. The highest BCUT2D eigenvalue weighted by Gasteiger charge is 2.28. The lowest BCUT2D eigenvalue weighted by Gasteiger charge is -2.17. The van der Waals surface area contributed by atoms with Gasteiger partial charge >= 0.3 is 0 Å². The molecule has 168 valence electrons. The minimum Gasteiger partial charge on any atom is -0.492 e. The summed E-state index contributed by atoms with van der Waals surface area (Å²) >= 11 is 0. The van der Waals surface area contributed by atoms with Crippen LogP contribution in [0.25, 0.3) is 11.3 Å². The van der Waals surface area contributed by atoms with Gasteiger partial charge in [0.2, 0.25) is 0 Å². The van der Waals surface area contributed by atoms with Crippen molar-refractivity contribution in [3.63, 3.8) is 0 Å². The molecule has 1 aromatic carbocycles. The summed E-state index contributed by atoms with van der Waals surface area (Å²) < 4.78 is 25.6. The highest BCUT2D eigenvalue weighted by atomic mass is 19.1. The Bertz CT molecular complexity index is 1110. The highest BCUT2D eigenvalue weighted by Crippen LogP contribution is 2.41. The number of benzene rings is 1. The number of amides is 1. The lowest BCUT2D eigenvalue weighted by Crippen LogP contribution is -2.31. The zero-order valence-corrected chi connectivity index (χ0v) is 18.3. The molecule has 1 aliphatic rings. The van der Waals surface area contributed by atoms with Crippen molar-refractivity contribution in [1.29, 1.82) is 0 Å². The molecule has 2 aromatic heterocycles. The number of carbonyl (C=O) groups is 1. The fraction of sp³-hybridized carbons (Fsp3) is 0.333. The molecule has 3 N–H and O–H groups in total. The zero-order valence-electron chi connectivity index (χ0n) is 18.3. The number of H-pyrrole nitrogens is 1. The van der Waals surface area contributed by atoms with Crippen LogP contribution in [-0.4, -0.2) is 36.1 Å². The normalized spacial score (nSPS) is 12.8. The van der Waals surface area contributed by atoms with Crippen LogP contribution >= 0.6 is 0 Å². The van der Waals surface area contributed by atoms with Gasteiger partial charge < -0.3 is 25.1 Å². The Hall–Kier alpha value is -3.55. The molecule has 0 saturated carbocycles. The first-order chi connectivity index (χ1) is 15.6. The Morgan fingerprint density at radius 3 is 2.94 bits per heavy atom. The molecular formula is C24H27FN4O3. The SMILES string of the molecule is CCCCCOc1cnccc1-c1[nH]c2c(c1Nc1cccc(F)c1OC)C(=O)NCC2. The van der Waals surface area contributed by atoms with Gasteiger partial charge in [-0.25, -0.2) is 4.39 Å². The maximum absolute atomic E-state index is 14.3. The third-order valence-corrected chi connectivity index (χ3v) is 5.46. The van der Waals surface area contributed by atoms with Crippen molar-refractivity contribution in [3.05, 3.63) is 53.7 Å². The van der Waals surface area contributed by atoms with Gasteiger partial charge in [-0.15, -0.1) is 0 Å². The van der Waals surface area contributed by atoms with E-state index < -0.39 is 5.82 Å². The highest BCUT2D eigenvalue weighted by molar-refractivity contribution is 6.06. The van der Waals surface area contributed by atoms with Crippen LogP contribution < -0.4 is 20.1 Å². The quantitative estimate of drug-likeness (QED) is 0.417. The van der Waals surface area contributed by atoms with Crippen molar-refractivity contribution < 1.29 is 18.7 Å². The second-order valence-electron chi connectivity index (χ2n) is 7.61. The number of aromatic amines is 1. The Morgan fingerprint density at radius 2 is 2.12 bits per heavy atom. The zero-order chi connectivity index (χ0) is 22.5. The van der Waals surface area contributed by atoms with E-state index in [2.05, 4.69) is 27.5 Å². The average molecular weight is 439 g/mol. The summed E-state index contributed by atoms with van der Waals surface area (Å²) in [6.07, 6.45) is 7.15. The molecule has 4 rings (SSSR count). The van der Waals surface area contributed by atoms with Crippen molar-refractivity contribution in [2.45, 2.75) is 32.6 Å². The fourth-order valence-corrected chi connectivity index (χ4v) is 3.89. The third kappa shape index (κ3) is 4.26. The summed E-state index contributed by atoms with van der Waals surface area (Å²) in [6, 6.07) is 6.47. The number of fused-ring (bicyclic) bond motifs is 1. The van der Waals surface area contributed by atoms with Crippen LogP contribution in [0.5, 0.6) is 11.5 Å². The molecule has 0 aliphatic carbocycles. The monoisotopic (exact) mass is 438 g/mol. The van der Waals surface area contributed by atoms with Gasteiger partial charge in [-0.1, -0.05) is 25.8 Å². The van der Waals surface area contributed by atoms with Crippen LogP contribution in [0.1, 0.15) is 42.2 Å². The summed E-state index contributed by atoms with van der Waals surface area (Å²) in [5, 5.41) is 6.12. The summed E-state index contributed by atoms with van der Waals surface area (Å²) in [6.45, 7) is 3.27. The van der Waals surface area contributed by atoms with Gasteiger partial charge in [0.05, 0.1) is 42.5 Å². The number of anilines is 2. The molecule has 0 unspecified atom stereocenters. The molecule has 0 spiro atoms. The Labute approximate surface area is 186 Å². The van der Waals surface area contributed by atoms with Crippen LogP contribution in [0.15, 0.2) is 36.7 Å². The number of hydrogen-bond donors (Lipinski definition) is 3. The standard InChI is InChI=1S/C24H27FN4O3/c1-3-4-5-13-32-19-14-26-11-9-15(19)21-22(20-17(28-21)10-12-27-24(20)30)29-18-8-6-7-16(25)23(18)31-2/h6-9,11,14,28-29H,3-5,10,12-13H2,1-2H3,(H,27,30). The van der Waals surface area contributed by atoms with Gasteiger partial charge in [0.15, 0.2) is 11.6 Å². The Kier molecular flexibility index (Phi) is 6.58. The van der Waals surface area contributed by atoms with Gasteiger partial charge in [-0.2, -0.15) is 0 Å². The maximum Gasteiger partial charge on any atom is 0.255 e. The molecule has 1 amide bonds. The number of methoxy groups -OCH3 is 1. The minimum absolute atomic E-state index is 0.0791. The van der Waals surface area contributed by atoms with Gasteiger partial charge in [0.1, 0.15) is 5.75 Å². The number of rotatable bonds is 9. The average Bonchev–Trinajstić information content (AvgIpc) is 3.16. The smallest absolute Gasteiger partial charge is 0.255 e. The van der Waals surface area contributed by atoms with Crippen LogP contribution in [-0.2, 0) is 6.42 Å². The third-order valence-electron chi connectivity index (χ3n) is 5.46. The number of ether oxygens (including phenoxy) is 2. The molecular weight excluding hydrogens is 411 g/mol. The molecule has 0 fully saturated rings. The number of nitrogens with one attached hydrogen (secondary N) is 3. The first-order valence-corrected chi connectivity index (χ1v) is 10.8. The number of para-hydroxylation sites is 1. The van der Waals surface area contributed by atoms with E-state index in [4.69, 9.17) is 9.47 Å². The van der Waals surface area contributed by atoms with Crippen molar-refractivity contribution in [2.24, 2.45) is 0 Å². The van der Waals surface area contributed by atoms with Gasteiger partial charge in [-0.05, 0) is 24.6 Å². The van der Waals surface area contributed by atoms with E-state index in [1.165, 1.54) is 13.2 Å². The van der Waals surface area contributed by atoms with Crippen molar-refractivity contribution in [1.82, 2.24) is 15.3 Å². The van der Waals surface area contributed by atoms with Crippen LogP contribution in [0.3, 0.4) is 0 Å². The van der Waals surface area contributed by atoms with E-state index in [9.17, 15) is 9.18 Å². The van der Waals surface area contributed by atoms with E-state index in [1.54, 1.807) is 24.5 Å². The van der Waals surface area contributed by atoms with Crippen LogP contribution in [0, 0.1) is 5.82 Å². The van der Waals surface area contributed by atoms with E-state index in [0.29, 0.717) is 48.0 Å². The summed E-state index contributed by atoms with van der Waals surface area (Å²) in [4.78, 5) is 20.4. The number of nitrogens with zero attached hydrogens (tertiary/aromatic N) is 1. The fourth-order valence-electron chi connectivity index (χ4n) is 3.89. The summed E-state index contributed by atoms with van der Waals surface area (Å²) in [5.74, 6) is 0.0232. The lowest BCUT2D eigenvalue weighted by atomic mass is 10.0. The maximum atomic E-state index is 14.3. The molecule has 3 heterocycles. The number of pyridine rings is 1. The van der Waals surface area contributed by atoms with Gasteiger partial charge in [0.25, 0.3) is 5.91 Å². The molecule has 0 saturated heterocycles. The number of unbranched alkanes of at least 4 members (excludes halogenated alkanes) is 2.